The molecule has 6 nitrogen and oxygen atoms in total. The van der Waals surface area contributed by atoms with Gasteiger partial charge in [-0.25, -0.2) is 4.98 Å². The van der Waals surface area contributed by atoms with Crippen molar-refractivity contribution in [2.24, 2.45) is 0 Å². The second-order valence-corrected chi connectivity index (χ2v) is 7.40. The number of aromatic nitrogens is 1. The third-order valence-electron chi connectivity index (χ3n) is 3.80. The van der Waals surface area contributed by atoms with Crippen molar-refractivity contribution in [2.45, 2.75) is 13.1 Å². The molecule has 1 heterocycles. The molecule has 0 aliphatic heterocycles. The van der Waals surface area contributed by atoms with Gasteiger partial charge >= 0.3 is 6.18 Å². The van der Waals surface area contributed by atoms with E-state index in [0.717, 1.165) is 17.0 Å². The molecule has 0 saturated carbocycles. The number of halogens is 3. The Morgan fingerprint density at radius 1 is 1.10 bits per heavy atom. The van der Waals surface area contributed by atoms with Crippen molar-refractivity contribution >= 4 is 34.0 Å². The van der Waals surface area contributed by atoms with Crippen LogP contribution in [0.5, 0.6) is 5.75 Å². The van der Waals surface area contributed by atoms with Gasteiger partial charge in [0.2, 0.25) is 0 Å². The van der Waals surface area contributed by atoms with Crippen molar-refractivity contribution in [3.8, 4) is 5.75 Å². The molecule has 0 saturated heterocycles. The highest BCUT2D eigenvalue weighted by Crippen LogP contribution is 2.30. The van der Waals surface area contributed by atoms with Crippen LogP contribution in [0.15, 0.2) is 54.7 Å². The number of amides is 2. The van der Waals surface area contributed by atoms with Crippen LogP contribution in [0.2, 0.25) is 0 Å². The van der Waals surface area contributed by atoms with Gasteiger partial charge in [0.25, 0.3) is 11.8 Å². The molecular weight excluding hydrogens is 419 g/mol. The molecule has 0 fully saturated rings. The predicted octanol–water partition coefficient (Wildman–Crippen LogP) is 4.74. The summed E-state index contributed by atoms with van der Waals surface area (Å²) in [4.78, 5) is 29.1. The fourth-order valence-electron chi connectivity index (χ4n) is 2.40. The van der Waals surface area contributed by atoms with Gasteiger partial charge in [0.15, 0.2) is 11.7 Å². The van der Waals surface area contributed by atoms with Gasteiger partial charge in [0.05, 0.1) is 5.56 Å². The number of carbonyl (C=O) groups excluding carboxylic acids is 2. The Morgan fingerprint density at radius 2 is 1.83 bits per heavy atom. The van der Waals surface area contributed by atoms with Crippen LogP contribution in [0, 0.1) is 6.92 Å². The average molecular weight is 435 g/mol. The molecule has 30 heavy (non-hydrogen) atoms. The molecule has 0 unspecified atom stereocenters. The van der Waals surface area contributed by atoms with Gasteiger partial charge in [-0.2, -0.15) is 13.2 Å². The number of nitrogens with one attached hydrogen (secondary N) is 2. The predicted molar refractivity (Wildman–Crippen MR) is 107 cm³/mol. The van der Waals surface area contributed by atoms with Gasteiger partial charge in [0, 0.05) is 22.3 Å². The van der Waals surface area contributed by atoms with Crippen molar-refractivity contribution in [1.82, 2.24) is 4.98 Å². The van der Waals surface area contributed by atoms with E-state index >= 15 is 0 Å². The monoisotopic (exact) mass is 435 g/mol. The fourth-order valence-corrected chi connectivity index (χ4v) is 3.06. The number of hydrogen-bond acceptors (Lipinski definition) is 5. The lowest BCUT2D eigenvalue weighted by Gasteiger charge is -2.10. The minimum Gasteiger partial charge on any atom is -0.484 e. The standard InChI is InChI=1S/C20H16F3N3O3S/c1-12-10-24-19(30-12)26-18(28)13-5-7-16(8-6-13)29-11-17(27)25-15-4-2-3-14(9-15)20(21,22)23/h2-10H,11H2,1H3,(H,25,27)(H,24,26,28). The lowest BCUT2D eigenvalue weighted by molar-refractivity contribution is -0.137. The summed E-state index contributed by atoms with van der Waals surface area (Å²) < 4.78 is 43.5. The highest BCUT2D eigenvalue weighted by atomic mass is 32.1. The molecule has 3 rings (SSSR count). The molecule has 0 atom stereocenters. The van der Waals surface area contributed by atoms with Crippen LogP contribution in [0.1, 0.15) is 20.8 Å². The van der Waals surface area contributed by atoms with E-state index in [4.69, 9.17) is 4.74 Å². The van der Waals surface area contributed by atoms with E-state index < -0.39 is 24.3 Å². The zero-order valence-electron chi connectivity index (χ0n) is 15.6. The van der Waals surface area contributed by atoms with Crippen LogP contribution < -0.4 is 15.4 Å². The number of thiazole rings is 1. The molecule has 2 aromatic carbocycles. The molecule has 10 heteroatoms. The maximum absolute atomic E-state index is 12.7. The number of carbonyl (C=O) groups is 2. The van der Waals surface area contributed by atoms with Gasteiger partial charge < -0.3 is 10.1 Å². The molecule has 0 radical (unpaired) electrons. The van der Waals surface area contributed by atoms with Crippen molar-refractivity contribution in [3.05, 3.63) is 70.7 Å². The highest BCUT2D eigenvalue weighted by molar-refractivity contribution is 7.15. The topological polar surface area (TPSA) is 80.3 Å². The molecule has 0 bridgehead atoms. The summed E-state index contributed by atoms with van der Waals surface area (Å²) in [7, 11) is 0. The van der Waals surface area contributed by atoms with E-state index in [1.165, 1.54) is 47.7 Å². The summed E-state index contributed by atoms with van der Waals surface area (Å²) in [6, 6.07) is 10.4. The zero-order chi connectivity index (χ0) is 21.7. The normalized spacial score (nSPS) is 11.1. The first-order valence-electron chi connectivity index (χ1n) is 8.64. The average Bonchev–Trinajstić information content (AvgIpc) is 3.11. The number of aryl methyl sites for hydroxylation is 1. The van der Waals surface area contributed by atoms with Gasteiger partial charge in [0.1, 0.15) is 5.75 Å². The molecule has 0 aliphatic rings. The van der Waals surface area contributed by atoms with E-state index in [-0.39, 0.29) is 11.6 Å². The summed E-state index contributed by atoms with van der Waals surface area (Å²) in [5.74, 6) is -0.621. The van der Waals surface area contributed by atoms with E-state index in [9.17, 15) is 22.8 Å². The van der Waals surface area contributed by atoms with Crippen LogP contribution in [0.25, 0.3) is 0 Å². The van der Waals surface area contributed by atoms with Crippen LogP contribution in [-0.4, -0.2) is 23.4 Å². The molecule has 2 amide bonds. The Morgan fingerprint density at radius 3 is 2.47 bits per heavy atom. The van der Waals surface area contributed by atoms with Crippen molar-refractivity contribution < 1.29 is 27.5 Å². The number of ether oxygens (including phenoxy) is 1. The van der Waals surface area contributed by atoms with Gasteiger partial charge in [-0.15, -0.1) is 11.3 Å². The second-order valence-electron chi connectivity index (χ2n) is 6.17. The molecular formula is C20H16F3N3O3S. The number of anilines is 2. The van der Waals surface area contributed by atoms with Crippen molar-refractivity contribution in [1.29, 1.82) is 0 Å². The lowest BCUT2D eigenvalue weighted by Crippen LogP contribution is -2.20. The molecule has 3 aromatic rings. The Labute approximate surface area is 173 Å². The molecule has 0 aliphatic carbocycles. The molecule has 0 spiro atoms. The summed E-state index contributed by atoms with van der Waals surface area (Å²) in [5, 5.41) is 5.51. The van der Waals surface area contributed by atoms with Crippen LogP contribution in [-0.2, 0) is 11.0 Å². The van der Waals surface area contributed by atoms with Crippen LogP contribution in [0.3, 0.4) is 0 Å². The first-order valence-corrected chi connectivity index (χ1v) is 9.46. The highest BCUT2D eigenvalue weighted by Gasteiger charge is 2.30. The second kappa shape index (κ2) is 8.95. The molecule has 2 N–H and O–H groups in total. The first kappa shape index (κ1) is 21.3. The third-order valence-corrected chi connectivity index (χ3v) is 4.63. The summed E-state index contributed by atoms with van der Waals surface area (Å²) in [6.07, 6.45) is -2.84. The van der Waals surface area contributed by atoms with E-state index in [1.807, 2.05) is 6.92 Å². The van der Waals surface area contributed by atoms with Gasteiger partial charge in [-0.05, 0) is 49.4 Å². The van der Waals surface area contributed by atoms with Gasteiger partial charge in [-0.1, -0.05) is 6.07 Å². The van der Waals surface area contributed by atoms with Crippen molar-refractivity contribution in [2.75, 3.05) is 17.2 Å². The van der Waals surface area contributed by atoms with E-state index in [1.54, 1.807) is 6.20 Å². The Balaban J connectivity index is 1.52. The number of nitrogens with zero attached hydrogens (tertiary/aromatic N) is 1. The SMILES string of the molecule is Cc1cnc(NC(=O)c2ccc(OCC(=O)Nc3cccc(C(F)(F)F)c3)cc2)s1. The zero-order valence-corrected chi connectivity index (χ0v) is 16.4. The minimum atomic E-state index is -4.50. The number of benzene rings is 2. The Hall–Kier alpha value is -3.40. The number of rotatable bonds is 6. The maximum Gasteiger partial charge on any atom is 0.416 e. The van der Waals surface area contributed by atoms with Crippen molar-refractivity contribution in [3.63, 3.8) is 0 Å². The molecule has 1 aromatic heterocycles. The minimum absolute atomic E-state index is 0.0165. The van der Waals surface area contributed by atoms with Crippen LogP contribution in [0.4, 0.5) is 24.0 Å². The summed E-state index contributed by atoms with van der Waals surface area (Å²) >= 11 is 1.35. The lowest BCUT2D eigenvalue weighted by atomic mass is 10.2. The quantitative estimate of drug-likeness (QED) is 0.586. The summed E-state index contributed by atoms with van der Waals surface area (Å²) in [6.45, 7) is 1.48. The molecule has 156 valence electrons. The number of hydrogen-bond donors (Lipinski definition) is 2. The van der Waals surface area contributed by atoms with E-state index in [2.05, 4.69) is 15.6 Å². The number of alkyl halides is 3. The fraction of sp³-hybridized carbons (Fsp3) is 0.150. The first-order chi connectivity index (χ1) is 14.2. The Kier molecular flexibility index (Phi) is 6.36. The smallest absolute Gasteiger partial charge is 0.416 e. The summed E-state index contributed by atoms with van der Waals surface area (Å²) in [5.41, 5.74) is -0.463. The largest absolute Gasteiger partial charge is 0.484 e. The Bertz CT molecular complexity index is 1050. The van der Waals surface area contributed by atoms with E-state index in [0.29, 0.717) is 16.4 Å². The third kappa shape index (κ3) is 5.80. The van der Waals surface area contributed by atoms with Crippen LogP contribution >= 0.6 is 11.3 Å². The van der Waals surface area contributed by atoms with Gasteiger partial charge in [-0.3, -0.25) is 14.9 Å². The maximum atomic E-state index is 12.7.